The number of benzene rings is 1. The van der Waals surface area contributed by atoms with E-state index < -0.39 is 12.0 Å². The Hall–Kier alpha value is -2.34. The van der Waals surface area contributed by atoms with Crippen LogP contribution >= 0.6 is 11.3 Å². The summed E-state index contributed by atoms with van der Waals surface area (Å²) in [4.78, 5) is 24.4. The van der Waals surface area contributed by atoms with Crippen molar-refractivity contribution in [3.63, 3.8) is 0 Å². The number of thiophene rings is 1. The van der Waals surface area contributed by atoms with Crippen molar-refractivity contribution < 1.29 is 19.1 Å². The molecule has 110 valence electrons. The summed E-state index contributed by atoms with van der Waals surface area (Å²) in [6.45, 7) is 1.57. The highest BCUT2D eigenvalue weighted by atomic mass is 32.1. The maximum atomic E-state index is 12.0. The summed E-state index contributed by atoms with van der Waals surface area (Å²) in [6, 6.07) is 9.54. The minimum Gasteiger partial charge on any atom is -0.493 e. The van der Waals surface area contributed by atoms with Crippen molar-refractivity contribution in [3.05, 3.63) is 46.7 Å². The second-order valence-electron chi connectivity index (χ2n) is 4.24. The van der Waals surface area contributed by atoms with Gasteiger partial charge in [0.05, 0.1) is 12.0 Å². The van der Waals surface area contributed by atoms with Crippen molar-refractivity contribution in [1.29, 1.82) is 0 Å². The molecule has 0 aliphatic carbocycles. The van der Waals surface area contributed by atoms with E-state index in [2.05, 4.69) is 5.32 Å². The third-order valence-electron chi connectivity index (χ3n) is 2.73. The lowest BCUT2D eigenvalue weighted by Gasteiger charge is -2.14. The summed E-state index contributed by atoms with van der Waals surface area (Å²) in [7, 11) is 1.49. The monoisotopic (exact) mass is 305 g/mol. The highest BCUT2D eigenvalue weighted by Gasteiger charge is 2.20. The number of esters is 1. The van der Waals surface area contributed by atoms with Crippen molar-refractivity contribution in [3.8, 4) is 11.5 Å². The molecule has 0 bridgehead atoms. The summed E-state index contributed by atoms with van der Waals surface area (Å²) in [5.74, 6) is -0.0660. The van der Waals surface area contributed by atoms with E-state index in [0.29, 0.717) is 16.4 Å². The van der Waals surface area contributed by atoms with Crippen molar-refractivity contribution in [2.75, 3.05) is 7.11 Å². The highest BCUT2D eigenvalue weighted by Crippen LogP contribution is 2.26. The maximum Gasteiger partial charge on any atom is 0.333 e. The first-order valence-corrected chi connectivity index (χ1v) is 7.19. The van der Waals surface area contributed by atoms with Crippen LogP contribution in [0, 0.1) is 0 Å². The molecule has 2 aromatic rings. The molecular weight excluding hydrogens is 290 g/mol. The number of ether oxygens (including phenoxy) is 2. The van der Waals surface area contributed by atoms with Crippen LogP contribution in [0.4, 0.5) is 0 Å². The van der Waals surface area contributed by atoms with Gasteiger partial charge in [-0.15, -0.1) is 11.3 Å². The molecule has 0 aliphatic rings. The standard InChI is InChI=1S/C15H15NO4S/c1-10(16-14(17)13-8-5-9-21-13)15(18)20-12-7-4-3-6-11(12)19-2/h3-10H,1-2H3,(H,16,17). The van der Waals surface area contributed by atoms with Crippen molar-refractivity contribution >= 4 is 23.2 Å². The third kappa shape index (κ3) is 3.82. The third-order valence-corrected chi connectivity index (χ3v) is 3.59. The van der Waals surface area contributed by atoms with Crippen LogP contribution in [-0.4, -0.2) is 25.0 Å². The van der Waals surface area contributed by atoms with Crippen LogP contribution in [0.25, 0.3) is 0 Å². The fourth-order valence-electron chi connectivity index (χ4n) is 1.63. The quantitative estimate of drug-likeness (QED) is 0.681. The highest BCUT2D eigenvalue weighted by molar-refractivity contribution is 7.12. The average Bonchev–Trinajstić information content (AvgIpc) is 3.02. The number of rotatable bonds is 5. The minimum atomic E-state index is -0.760. The minimum absolute atomic E-state index is 0.297. The fourth-order valence-corrected chi connectivity index (χ4v) is 2.26. The molecule has 21 heavy (non-hydrogen) atoms. The van der Waals surface area contributed by atoms with Crippen LogP contribution in [0.1, 0.15) is 16.6 Å². The Kier molecular flexibility index (Phi) is 4.94. The number of carbonyl (C=O) groups is 2. The zero-order valence-electron chi connectivity index (χ0n) is 11.7. The lowest BCUT2D eigenvalue weighted by molar-refractivity contribution is -0.136. The van der Waals surface area contributed by atoms with Gasteiger partial charge in [-0.3, -0.25) is 4.79 Å². The normalized spacial score (nSPS) is 11.5. The predicted molar refractivity (Wildman–Crippen MR) is 79.9 cm³/mol. The molecule has 1 aromatic heterocycles. The molecule has 6 heteroatoms. The number of methoxy groups -OCH3 is 1. The van der Waals surface area contributed by atoms with Crippen LogP contribution in [0.2, 0.25) is 0 Å². The van der Waals surface area contributed by atoms with Gasteiger partial charge in [-0.05, 0) is 30.5 Å². The van der Waals surface area contributed by atoms with Gasteiger partial charge >= 0.3 is 5.97 Å². The summed E-state index contributed by atoms with van der Waals surface area (Å²) < 4.78 is 10.3. The van der Waals surface area contributed by atoms with Gasteiger partial charge in [0.25, 0.3) is 5.91 Å². The Morgan fingerprint density at radius 3 is 2.48 bits per heavy atom. The molecule has 0 radical (unpaired) electrons. The van der Waals surface area contributed by atoms with Crippen molar-refractivity contribution in [1.82, 2.24) is 5.32 Å². The second kappa shape index (κ2) is 6.90. The molecule has 0 saturated heterocycles. The van der Waals surface area contributed by atoms with Gasteiger partial charge in [-0.2, -0.15) is 0 Å². The summed E-state index contributed by atoms with van der Waals surface area (Å²) >= 11 is 1.31. The number of hydrogen-bond donors (Lipinski definition) is 1. The lowest BCUT2D eigenvalue weighted by atomic mass is 10.3. The molecule has 0 aliphatic heterocycles. The molecule has 1 unspecified atom stereocenters. The summed E-state index contributed by atoms with van der Waals surface area (Å²) in [5, 5.41) is 4.39. The van der Waals surface area contributed by atoms with Crippen molar-refractivity contribution in [2.24, 2.45) is 0 Å². The largest absolute Gasteiger partial charge is 0.493 e. The Bertz CT molecular complexity index is 624. The number of nitrogens with one attached hydrogen (secondary N) is 1. The molecule has 0 fully saturated rings. The number of carbonyl (C=O) groups excluding carboxylic acids is 2. The number of hydrogen-bond acceptors (Lipinski definition) is 5. The van der Waals surface area contributed by atoms with Crippen LogP contribution < -0.4 is 14.8 Å². The van der Waals surface area contributed by atoms with Crippen molar-refractivity contribution in [2.45, 2.75) is 13.0 Å². The summed E-state index contributed by atoms with van der Waals surface area (Å²) in [5.41, 5.74) is 0. The predicted octanol–water partition coefficient (Wildman–Crippen LogP) is 2.48. The van der Waals surface area contributed by atoms with Crippen LogP contribution in [0.15, 0.2) is 41.8 Å². The van der Waals surface area contributed by atoms with E-state index in [1.807, 2.05) is 0 Å². The zero-order valence-corrected chi connectivity index (χ0v) is 12.5. The van der Waals surface area contributed by atoms with E-state index in [4.69, 9.17) is 9.47 Å². The van der Waals surface area contributed by atoms with E-state index in [1.54, 1.807) is 48.7 Å². The van der Waals surface area contributed by atoms with Crippen LogP contribution in [0.5, 0.6) is 11.5 Å². The van der Waals surface area contributed by atoms with Gasteiger partial charge in [0, 0.05) is 0 Å². The van der Waals surface area contributed by atoms with E-state index >= 15 is 0 Å². The first-order chi connectivity index (χ1) is 10.1. The second-order valence-corrected chi connectivity index (χ2v) is 5.19. The maximum absolute atomic E-state index is 12.0. The molecular formula is C15H15NO4S. The first kappa shape index (κ1) is 15.1. The smallest absolute Gasteiger partial charge is 0.333 e. The van der Waals surface area contributed by atoms with Gasteiger partial charge in [0.1, 0.15) is 6.04 Å². The Labute approximate surface area is 126 Å². The van der Waals surface area contributed by atoms with Gasteiger partial charge < -0.3 is 14.8 Å². The first-order valence-electron chi connectivity index (χ1n) is 6.31. The molecule has 0 saturated carbocycles. The van der Waals surface area contributed by atoms with Crippen LogP contribution in [-0.2, 0) is 4.79 Å². The van der Waals surface area contributed by atoms with E-state index in [-0.39, 0.29) is 5.91 Å². The average molecular weight is 305 g/mol. The molecule has 2 rings (SSSR count). The van der Waals surface area contributed by atoms with E-state index in [9.17, 15) is 9.59 Å². The number of para-hydroxylation sites is 2. The molecule has 5 nitrogen and oxygen atoms in total. The lowest BCUT2D eigenvalue weighted by Crippen LogP contribution is -2.40. The fraction of sp³-hybridized carbons (Fsp3) is 0.200. The zero-order chi connectivity index (χ0) is 15.2. The molecule has 1 heterocycles. The topological polar surface area (TPSA) is 64.6 Å². The van der Waals surface area contributed by atoms with E-state index in [0.717, 1.165) is 0 Å². The summed E-state index contributed by atoms with van der Waals surface area (Å²) in [6.07, 6.45) is 0. The molecule has 1 amide bonds. The van der Waals surface area contributed by atoms with Gasteiger partial charge in [0.15, 0.2) is 11.5 Å². The van der Waals surface area contributed by atoms with Gasteiger partial charge in [-0.25, -0.2) is 4.79 Å². The SMILES string of the molecule is COc1ccccc1OC(=O)C(C)NC(=O)c1cccs1. The Balaban J connectivity index is 1.98. The molecule has 0 spiro atoms. The van der Waals surface area contributed by atoms with Gasteiger partial charge in [-0.1, -0.05) is 18.2 Å². The van der Waals surface area contributed by atoms with Gasteiger partial charge in [0.2, 0.25) is 0 Å². The molecule has 1 atom stereocenters. The van der Waals surface area contributed by atoms with E-state index in [1.165, 1.54) is 18.4 Å². The number of amides is 1. The molecule has 1 aromatic carbocycles. The van der Waals surface area contributed by atoms with Crippen LogP contribution in [0.3, 0.4) is 0 Å². The Morgan fingerprint density at radius 1 is 1.14 bits per heavy atom. The molecule has 1 N–H and O–H groups in total. The Morgan fingerprint density at radius 2 is 1.86 bits per heavy atom.